The molecule has 8 nitrogen and oxygen atoms in total. The van der Waals surface area contributed by atoms with E-state index in [-0.39, 0.29) is 18.1 Å². The number of carbonyl (C=O) groups excluding carboxylic acids is 1. The Morgan fingerprint density at radius 2 is 1.79 bits per heavy atom. The first-order valence-electron chi connectivity index (χ1n) is 11.8. The van der Waals surface area contributed by atoms with E-state index in [2.05, 4.69) is 77.2 Å². The van der Waals surface area contributed by atoms with Gasteiger partial charge in [0, 0.05) is 38.9 Å². The quantitative estimate of drug-likeness (QED) is 0.685. The highest BCUT2D eigenvalue weighted by Gasteiger charge is 2.47. The molecule has 2 fully saturated rings. The number of rotatable bonds is 7. The van der Waals surface area contributed by atoms with Gasteiger partial charge in [0.05, 0.1) is 11.6 Å². The second-order valence-corrected chi connectivity index (χ2v) is 9.83. The minimum atomic E-state index is -0.437. The highest BCUT2D eigenvalue weighted by molar-refractivity contribution is 5.90. The molecule has 1 amide bonds. The van der Waals surface area contributed by atoms with Gasteiger partial charge in [-0.1, -0.05) is 38.1 Å². The summed E-state index contributed by atoms with van der Waals surface area (Å²) in [5, 5.41) is 3.38. The Hall–Kier alpha value is -2.71. The van der Waals surface area contributed by atoms with E-state index in [0.29, 0.717) is 18.4 Å². The Kier molecular flexibility index (Phi) is 6.86. The number of hydrogen-bond acceptors (Lipinski definition) is 7. The van der Waals surface area contributed by atoms with Crippen molar-refractivity contribution in [1.29, 1.82) is 0 Å². The third kappa shape index (κ3) is 5.12. The Morgan fingerprint density at radius 3 is 2.45 bits per heavy atom. The van der Waals surface area contributed by atoms with Crippen molar-refractivity contribution in [2.45, 2.75) is 45.8 Å². The standard InChI is InChI=1S/C25H36N6O2/c1-18(2)25(4)17-33-24(32)31(25)22-10-11-26-23(28-22)27-19(3)21-8-6-20(7-9-21)16-30-14-12-29(5)13-15-30/h6-11,18-19H,12-17H2,1-5H3,(H,26,27,28)/t19-,25?/m0/s1. The number of benzene rings is 1. The molecule has 2 aliphatic heterocycles. The number of ether oxygens (including phenoxy) is 1. The first kappa shape index (κ1) is 23.4. The second-order valence-electron chi connectivity index (χ2n) is 9.83. The van der Waals surface area contributed by atoms with Gasteiger partial charge in [-0.05, 0) is 44.0 Å². The fraction of sp³-hybridized carbons (Fsp3) is 0.560. The number of nitrogens with one attached hydrogen (secondary N) is 1. The van der Waals surface area contributed by atoms with Crippen LogP contribution in [-0.2, 0) is 11.3 Å². The fourth-order valence-corrected chi connectivity index (χ4v) is 4.32. The minimum absolute atomic E-state index is 0.0277. The van der Waals surface area contributed by atoms with Gasteiger partial charge >= 0.3 is 6.09 Å². The van der Waals surface area contributed by atoms with Crippen LogP contribution >= 0.6 is 0 Å². The summed E-state index contributed by atoms with van der Waals surface area (Å²) < 4.78 is 5.36. The number of hydrogen-bond donors (Lipinski definition) is 1. The van der Waals surface area contributed by atoms with E-state index >= 15 is 0 Å². The van der Waals surface area contributed by atoms with Gasteiger partial charge < -0.3 is 15.0 Å². The molecular weight excluding hydrogens is 416 g/mol. The lowest BCUT2D eigenvalue weighted by Crippen LogP contribution is -2.49. The van der Waals surface area contributed by atoms with Crippen LogP contribution in [0, 0.1) is 5.92 Å². The maximum atomic E-state index is 12.5. The molecule has 0 radical (unpaired) electrons. The normalized spacial score (nSPS) is 23.1. The van der Waals surface area contributed by atoms with Gasteiger partial charge in [-0.3, -0.25) is 9.80 Å². The maximum Gasteiger partial charge on any atom is 0.416 e. The molecule has 0 bridgehead atoms. The van der Waals surface area contributed by atoms with Crippen molar-refractivity contribution < 1.29 is 9.53 Å². The highest BCUT2D eigenvalue weighted by atomic mass is 16.6. The molecule has 2 aliphatic rings. The predicted octanol–water partition coefficient (Wildman–Crippen LogP) is 3.77. The van der Waals surface area contributed by atoms with E-state index < -0.39 is 5.54 Å². The number of anilines is 2. The molecule has 2 saturated heterocycles. The van der Waals surface area contributed by atoms with Crippen LogP contribution in [0.5, 0.6) is 0 Å². The van der Waals surface area contributed by atoms with Crippen molar-refractivity contribution in [3.05, 3.63) is 47.7 Å². The van der Waals surface area contributed by atoms with Gasteiger partial charge in [-0.15, -0.1) is 0 Å². The Morgan fingerprint density at radius 1 is 1.09 bits per heavy atom. The maximum absolute atomic E-state index is 12.5. The van der Waals surface area contributed by atoms with Crippen LogP contribution in [-0.4, -0.2) is 71.2 Å². The zero-order valence-electron chi connectivity index (χ0n) is 20.4. The van der Waals surface area contributed by atoms with Crippen LogP contribution < -0.4 is 10.2 Å². The number of likely N-dealkylation sites (N-methyl/N-ethyl adjacent to an activating group) is 1. The Labute approximate surface area is 196 Å². The van der Waals surface area contributed by atoms with Gasteiger partial charge in [0.15, 0.2) is 0 Å². The third-order valence-electron chi connectivity index (χ3n) is 7.12. The van der Waals surface area contributed by atoms with E-state index in [4.69, 9.17) is 4.74 Å². The van der Waals surface area contributed by atoms with Crippen LogP contribution in [0.2, 0.25) is 0 Å². The molecule has 1 aromatic carbocycles. The molecule has 2 atom stereocenters. The lowest BCUT2D eigenvalue weighted by atomic mass is 9.88. The molecule has 178 valence electrons. The second kappa shape index (κ2) is 9.65. The summed E-state index contributed by atoms with van der Waals surface area (Å²) >= 11 is 0. The summed E-state index contributed by atoms with van der Waals surface area (Å²) in [7, 11) is 2.18. The molecule has 1 unspecified atom stereocenters. The van der Waals surface area contributed by atoms with Crippen LogP contribution in [0.4, 0.5) is 16.6 Å². The molecule has 0 spiro atoms. The predicted molar refractivity (Wildman–Crippen MR) is 130 cm³/mol. The van der Waals surface area contributed by atoms with Gasteiger partial charge in [0.2, 0.25) is 5.95 Å². The molecule has 3 heterocycles. The van der Waals surface area contributed by atoms with E-state index in [0.717, 1.165) is 32.7 Å². The summed E-state index contributed by atoms with van der Waals surface area (Å²) in [5.41, 5.74) is 2.06. The molecule has 0 aliphatic carbocycles. The molecular formula is C25H36N6O2. The van der Waals surface area contributed by atoms with Crippen molar-refractivity contribution in [2.24, 2.45) is 5.92 Å². The number of aromatic nitrogens is 2. The lowest BCUT2D eigenvalue weighted by molar-refractivity contribution is 0.148. The molecule has 0 saturated carbocycles. The summed E-state index contributed by atoms with van der Waals surface area (Å²) in [6.07, 6.45) is 1.32. The average molecular weight is 453 g/mol. The van der Waals surface area contributed by atoms with Crippen LogP contribution in [0.15, 0.2) is 36.5 Å². The number of amides is 1. The Balaban J connectivity index is 1.41. The number of cyclic esters (lactones) is 1. The zero-order valence-corrected chi connectivity index (χ0v) is 20.4. The van der Waals surface area contributed by atoms with Crippen LogP contribution in [0.25, 0.3) is 0 Å². The molecule has 33 heavy (non-hydrogen) atoms. The fourth-order valence-electron chi connectivity index (χ4n) is 4.32. The monoisotopic (exact) mass is 452 g/mol. The first-order chi connectivity index (χ1) is 15.8. The molecule has 2 aromatic rings. The van der Waals surface area contributed by atoms with Crippen molar-refractivity contribution >= 4 is 17.9 Å². The third-order valence-corrected chi connectivity index (χ3v) is 7.12. The first-order valence-corrected chi connectivity index (χ1v) is 11.8. The van der Waals surface area contributed by atoms with Gasteiger partial charge in [0.25, 0.3) is 0 Å². The molecule has 8 heteroatoms. The van der Waals surface area contributed by atoms with Crippen molar-refractivity contribution in [3.63, 3.8) is 0 Å². The highest BCUT2D eigenvalue weighted by Crippen LogP contribution is 2.35. The van der Waals surface area contributed by atoms with Crippen molar-refractivity contribution in [2.75, 3.05) is 50.1 Å². The number of piperazine rings is 1. The SMILES string of the molecule is CC(C)C1(C)COC(=O)N1c1ccnc(N[C@@H](C)c2ccc(CN3CCN(C)CC3)cc2)n1. The van der Waals surface area contributed by atoms with Crippen molar-refractivity contribution in [1.82, 2.24) is 19.8 Å². The van der Waals surface area contributed by atoms with Gasteiger partial charge in [-0.2, -0.15) is 4.98 Å². The topological polar surface area (TPSA) is 73.8 Å². The largest absolute Gasteiger partial charge is 0.447 e. The molecule has 4 rings (SSSR count). The summed E-state index contributed by atoms with van der Waals surface area (Å²) in [6, 6.07) is 10.5. The lowest BCUT2D eigenvalue weighted by Gasteiger charge is -2.34. The van der Waals surface area contributed by atoms with E-state index in [1.807, 2.05) is 6.92 Å². The number of carbonyl (C=O) groups is 1. The summed E-state index contributed by atoms with van der Waals surface area (Å²) in [5.74, 6) is 1.27. The van der Waals surface area contributed by atoms with Gasteiger partial charge in [-0.25, -0.2) is 9.78 Å². The van der Waals surface area contributed by atoms with E-state index in [9.17, 15) is 4.79 Å². The zero-order chi connectivity index (χ0) is 23.6. The van der Waals surface area contributed by atoms with E-state index in [1.165, 1.54) is 11.1 Å². The van der Waals surface area contributed by atoms with E-state index in [1.54, 1.807) is 17.2 Å². The molecule has 1 aromatic heterocycles. The van der Waals surface area contributed by atoms with Crippen molar-refractivity contribution in [3.8, 4) is 0 Å². The van der Waals surface area contributed by atoms with Gasteiger partial charge in [0.1, 0.15) is 12.4 Å². The summed E-state index contributed by atoms with van der Waals surface area (Å²) in [4.78, 5) is 28.0. The average Bonchev–Trinajstić information content (AvgIpc) is 3.11. The van der Waals surface area contributed by atoms with Crippen LogP contribution in [0.1, 0.15) is 44.9 Å². The number of nitrogens with zero attached hydrogens (tertiary/aromatic N) is 5. The summed E-state index contributed by atoms with van der Waals surface area (Å²) in [6.45, 7) is 14.1. The Bertz CT molecular complexity index is 958. The smallest absolute Gasteiger partial charge is 0.416 e. The minimum Gasteiger partial charge on any atom is -0.447 e. The molecule has 1 N–H and O–H groups in total. The van der Waals surface area contributed by atoms with Crippen LogP contribution in [0.3, 0.4) is 0 Å².